The van der Waals surface area contributed by atoms with Crippen LogP contribution >= 0.6 is 34.8 Å². The van der Waals surface area contributed by atoms with Crippen LogP contribution in [-0.2, 0) is 4.79 Å². The fraction of sp³-hybridized carbons (Fsp3) is 0.318. The van der Waals surface area contributed by atoms with Gasteiger partial charge in [0.05, 0.1) is 11.4 Å². The molecule has 2 amide bonds. The molecule has 0 fully saturated rings. The van der Waals surface area contributed by atoms with Gasteiger partial charge in [-0.1, -0.05) is 48.3 Å². The average molecular weight is 472 g/mol. The van der Waals surface area contributed by atoms with Crippen molar-refractivity contribution in [2.45, 2.75) is 39.7 Å². The van der Waals surface area contributed by atoms with Gasteiger partial charge in [0.15, 0.2) is 5.78 Å². The highest BCUT2D eigenvalue weighted by atomic mass is 35.5. The van der Waals surface area contributed by atoms with Crippen molar-refractivity contribution in [3.63, 3.8) is 0 Å². The van der Waals surface area contributed by atoms with E-state index in [0.29, 0.717) is 33.2 Å². The molecule has 1 atom stereocenters. The summed E-state index contributed by atoms with van der Waals surface area (Å²) in [6.45, 7) is 7.08. The Balaban J connectivity index is 0.000000375. The van der Waals surface area contributed by atoms with E-state index in [2.05, 4.69) is 5.32 Å². The topological polar surface area (TPSA) is 89.3 Å². The number of nitrogens with two attached hydrogens (primary N) is 1. The quantitative estimate of drug-likeness (QED) is 0.574. The Labute approximate surface area is 191 Å². The summed E-state index contributed by atoms with van der Waals surface area (Å²) in [7, 11) is 0. The molecule has 0 saturated carbocycles. The van der Waals surface area contributed by atoms with Gasteiger partial charge >= 0.3 is 0 Å². The van der Waals surface area contributed by atoms with Crippen molar-refractivity contribution >= 4 is 52.4 Å². The molecule has 162 valence electrons. The van der Waals surface area contributed by atoms with Crippen LogP contribution < -0.4 is 11.1 Å². The minimum Gasteiger partial charge on any atom is -0.366 e. The minimum atomic E-state index is -0.997. The number of amides is 2. The van der Waals surface area contributed by atoms with Crippen LogP contribution in [0.4, 0.5) is 0 Å². The Morgan fingerprint density at radius 3 is 2.00 bits per heavy atom. The Bertz CT molecular complexity index is 924. The highest BCUT2D eigenvalue weighted by Crippen LogP contribution is 2.26. The van der Waals surface area contributed by atoms with Gasteiger partial charge in [0, 0.05) is 21.2 Å². The van der Waals surface area contributed by atoms with Gasteiger partial charge in [-0.2, -0.15) is 0 Å². The van der Waals surface area contributed by atoms with Crippen LogP contribution in [0.5, 0.6) is 0 Å². The predicted octanol–water partition coefficient (Wildman–Crippen LogP) is 5.10. The first-order valence-electron chi connectivity index (χ1n) is 9.19. The molecule has 2 aromatic rings. The molecule has 0 saturated heterocycles. The third-order valence-corrected chi connectivity index (χ3v) is 5.81. The van der Waals surface area contributed by atoms with Gasteiger partial charge in [0.25, 0.3) is 5.91 Å². The summed E-state index contributed by atoms with van der Waals surface area (Å²) in [5.41, 5.74) is 6.62. The second-order valence-corrected chi connectivity index (χ2v) is 8.02. The number of benzene rings is 2. The first-order chi connectivity index (χ1) is 14.0. The highest BCUT2D eigenvalue weighted by molar-refractivity contribution is 6.36. The van der Waals surface area contributed by atoms with Gasteiger partial charge in [0.2, 0.25) is 5.91 Å². The fourth-order valence-electron chi connectivity index (χ4n) is 2.45. The lowest BCUT2D eigenvalue weighted by Gasteiger charge is -2.27. The molecule has 0 aliphatic heterocycles. The third kappa shape index (κ3) is 6.73. The summed E-state index contributed by atoms with van der Waals surface area (Å²) in [5, 5.41) is 3.51. The van der Waals surface area contributed by atoms with Crippen LogP contribution in [0.1, 0.15) is 52.1 Å². The standard InChI is InChI=1S/C14H16Cl3NO2.C8H9NO/c1-4-14(3,12(19)7-15)18-13(20)9-5-10(16)8(2)11(17)6-9;1-6-4-2-3-5-7(6)8(9)10/h5-6H,4,7H2,1-3H3,(H,18,20);2-5H,1H3,(H2,9,10). The SMILES string of the molecule is CCC(C)(NC(=O)c1cc(Cl)c(C)c(Cl)c1)C(=O)CCl.Cc1ccccc1C(N)=O. The van der Waals surface area contributed by atoms with Gasteiger partial charge in [-0.3, -0.25) is 14.4 Å². The Hall–Kier alpha value is -2.08. The minimum absolute atomic E-state index is 0.153. The van der Waals surface area contributed by atoms with Crippen LogP contribution in [0.3, 0.4) is 0 Å². The Morgan fingerprint density at radius 2 is 1.60 bits per heavy atom. The van der Waals surface area contributed by atoms with E-state index in [9.17, 15) is 14.4 Å². The van der Waals surface area contributed by atoms with Crippen molar-refractivity contribution in [3.8, 4) is 0 Å². The number of nitrogens with one attached hydrogen (secondary N) is 1. The van der Waals surface area contributed by atoms with Crippen molar-refractivity contribution in [2.75, 3.05) is 5.88 Å². The van der Waals surface area contributed by atoms with Gasteiger partial charge in [0.1, 0.15) is 0 Å². The highest BCUT2D eigenvalue weighted by Gasteiger charge is 2.32. The molecular formula is C22H25Cl3N2O3. The molecule has 3 N–H and O–H groups in total. The lowest BCUT2D eigenvalue weighted by molar-refractivity contribution is -0.122. The van der Waals surface area contributed by atoms with E-state index in [0.717, 1.165) is 5.56 Å². The number of carbonyl (C=O) groups is 3. The van der Waals surface area contributed by atoms with Gasteiger partial charge in [-0.05, 0) is 56.5 Å². The van der Waals surface area contributed by atoms with E-state index in [-0.39, 0.29) is 17.6 Å². The van der Waals surface area contributed by atoms with Gasteiger partial charge < -0.3 is 11.1 Å². The molecule has 0 aliphatic carbocycles. The fourth-order valence-corrected chi connectivity index (χ4v) is 3.23. The number of carbonyl (C=O) groups excluding carboxylic acids is 3. The lowest BCUT2D eigenvalue weighted by atomic mass is 9.93. The third-order valence-electron chi connectivity index (χ3n) is 4.79. The molecule has 30 heavy (non-hydrogen) atoms. The summed E-state index contributed by atoms with van der Waals surface area (Å²) in [5.74, 6) is -1.16. The number of rotatable bonds is 6. The summed E-state index contributed by atoms with van der Waals surface area (Å²) in [6.07, 6.45) is 0.442. The van der Waals surface area contributed by atoms with Crippen molar-refractivity contribution in [1.29, 1.82) is 0 Å². The number of aryl methyl sites for hydroxylation is 1. The molecule has 0 aromatic heterocycles. The number of hydrogen-bond acceptors (Lipinski definition) is 3. The molecule has 0 spiro atoms. The van der Waals surface area contributed by atoms with Crippen LogP contribution in [0.25, 0.3) is 0 Å². The smallest absolute Gasteiger partial charge is 0.252 e. The summed E-state index contributed by atoms with van der Waals surface area (Å²) in [6, 6.07) is 10.3. The van der Waals surface area contributed by atoms with E-state index in [1.165, 1.54) is 12.1 Å². The molecule has 0 heterocycles. The van der Waals surface area contributed by atoms with Crippen LogP contribution in [-0.4, -0.2) is 29.0 Å². The number of ketones is 1. The second kappa shape index (κ2) is 11.3. The lowest BCUT2D eigenvalue weighted by Crippen LogP contribution is -2.52. The zero-order chi connectivity index (χ0) is 23.1. The normalized spacial score (nSPS) is 12.2. The maximum atomic E-state index is 12.2. The molecule has 8 heteroatoms. The van der Waals surface area contributed by atoms with Crippen LogP contribution in [0.15, 0.2) is 36.4 Å². The van der Waals surface area contributed by atoms with Crippen molar-refractivity contribution in [2.24, 2.45) is 5.73 Å². The summed E-state index contributed by atoms with van der Waals surface area (Å²) < 4.78 is 0. The Morgan fingerprint density at radius 1 is 1.07 bits per heavy atom. The summed E-state index contributed by atoms with van der Waals surface area (Å²) in [4.78, 5) is 34.7. The maximum absolute atomic E-state index is 12.2. The van der Waals surface area contributed by atoms with E-state index in [1.807, 2.05) is 19.1 Å². The van der Waals surface area contributed by atoms with E-state index in [4.69, 9.17) is 40.5 Å². The zero-order valence-corrected chi connectivity index (χ0v) is 19.6. The number of hydrogen-bond donors (Lipinski definition) is 2. The average Bonchev–Trinajstić information content (AvgIpc) is 2.71. The first-order valence-corrected chi connectivity index (χ1v) is 10.5. The number of primary amides is 1. The monoisotopic (exact) mass is 470 g/mol. The molecule has 0 bridgehead atoms. The summed E-state index contributed by atoms with van der Waals surface area (Å²) >= 11 is 17.6. The van der Waals surface area contributed by atoms with E-state index in [1.54, 1.807) is 32.9 Å². The molecule has 5 nitrogen and oxygen atoms in total. The number of Topliss-reactive ketones (excluding diaryl/α,β-unsaturated/α-hetero) is 1. The number of halogens is 3. The largest absolute Gasteiger partial charge is 0.366 e. The molecule has 2 rings (SSSR count). The molecule has 0 radical (unpaired) electrons. The maximum Gasteiger partial charge on any atom is 0.252 e. The van der Waals surface area contributed by atoms with E-state index >= 15 is 0 Å². The van der Waals surface area contributed by atoms with E-state index < -0.39 is 11.4 Å². The molecular weight excluding hydrogens is 447 g/mol. The zero-order valence-electron chi connectivity index (χ0n) is 17.3. The van der Waals surface area contributed by atoms with Gasteiger partial charge in [-0.15, -0.1) is 11.6 Å². The van der Waals surface area contributed by atoms with Crippen LogP contribution in [0, 0.1) is 13.8 Å². The Kier molecular flexibility index (Phi) is 9.82. The first kappa shape index (κ1) is 26.0. The second-order valence-electron chi connectivity index (χ2n) is 6.94. The van der Waals surface area contributed by atoms with Crippen molar-refractivity contribution in [1.82, 2.24) is 5.32 Å². The van der Waals surface area contributed by atoms with Gasteiger partial charge in [-0.25, -0.2) is 0 Å². The predicted molar refractivity (Wildman–Crippen MR) is 123 cm³/mol. The molecule has 2 aromatic carbocycles. The van der Waals surface area contributed by atoms with Crippen LogP contribution in [0.2, 0.25) is 10.0 Å². The molecule has 0 aliphatic rings. The van der Waals surface area contributed by atoms with Crippen molar-refractivity contribution < 1.29 is 14.4 Å². The molecule has 1 unspecified atom stereocenters. The van der Waals surface area contributed by atoms with Crippen molar-refractivity contribution in [3.05, 3.63) is 68.7 Å². The number of alkyl halides is 1.